The van der Waals surface area contributed by atoms with Crippen LogP contribution in [-0.2, 0) is 32.6 Å². The van der Waals surface area contributed by atoms with Crippen molar-refractivity contribution >= 4 is 62.3 Å². The number of carbonyl (C=O) groups excluding carboxylic acids is 2. The number of amides is 2. The van der Waals surface area contributed by atoms with Crippen molar-refractivity contribution in [2.75, 3.05) is 10.8 Å². The molecule has 7 nitrogen and oxygen atoms in total. The molecule has 1 atom stereocenters. The van der Waals surface area contributed by atoms with Crippen molar-refractivity contribution in [1.29, 1.82) is 0 Å². The Bertz CT molecular complexity index is 1750. The summed E-state index contributed by atoms with van der Waals surface area (Å²) in [5, 5.41) is 3.96. The highest BCUT2D eigenvalue weighted by Gasteiger charge is 2.35. The lowest BCUT2D eigenvalue weighted by Gasteiger charge is -2.34. The molecule has 11 heteroatoms. The Hall–Kier alpha value is -3.56. The van der Waals surface area contributed by atoms with Crippen molar-refractivity contribution in [3.8, 4) is 0 Å². The molecule has 0 unspecified atom stereocenters. The summed E-state index contributed by atoms with van der Waals surface area (Å²) >= 11 is 19.0. The van der Waals surface area contributed by atoms with E-state index in [1.807, 2.05) is 44.2 Å². The molecule has 4 rings (SSSR count). The summed E-state index contributed by atoms with van der Waals surface area (Å²) in [6.07, 6.45) is 0.179. The maximum atomic E-state index is 14.5. The lowest BCUT2D eigenvalue weighted by Crippen LogP contribution is -2.54. The molecule has 45 heavy (non-hydrogen) atoms. The van der Waals surface area contributed by atoms with Crippen LogP contribution in [0.1, 0.15) is 30.5 Å². The summed E-state index contributed by atoms with van der Waals surface area (Å²) in [7, 11) is -4.25. The number of halogens is 3. The average molecular weight is 687 g/mol. The molecule has 236 valence electrons. The largest absolute Gasteiger partial charge is 0.352 e. The zero-order valence-corrected chi connectivity index (χ0v) is 28.2. The number of sulfonamides is 1. The molecule has 0 saturated heterocycles. The second-order valence-corrected chi connectivity index (χ2v) is 14.0. The summed E-state index contributed by atoms with van der Waals surface area (Å²) in [5.74, 6) is -0.997. The first kappa shape index (κ1) is 34.3. The van der Waals surface area contributed by atoms with Gasteiger partial charge in [-0.2, -0.15) is 0 Å². The molecule has 1 N–H and O–H groups in total. The van der Waals surface area contributed by atoms with Crippen LogP contribution in [0, 0.1) is 6.92 Å². The van der Waals surface area contributed by atoms with Gasteiger partial charge in [0.1, 0.15) is 12.6 Å². The number of benzene rings is 4. The second-order valence-electron chi connectivity index (χ2n) is 10.9. The van der Waals surface area contributed by atoms with E-state index in [0.29, 0.717) is 26.2 Å². The highest BCUT2D eigenvalue weighted by Crippen LogP contribution is 2.31. The molecular weight excluding hydrogens is 653 g/mol. The Labute approximate surface area is 279 Å². The Balaban J connectivity index is 1.85. The van der Waals surface area contributed by atoms with Crippen LogP contribution in [-0.4, -0.2) is 43.8 Å². The van der Waals surface area contributed by atoms with Gasteiger partial charge in [0.2, 0.25) is 11.8 Å². The van der Waals surface area contributed by atoms with Gasteiger partial charge in [-0.05, 0) is 73.9 Å². The van der Waals surface area contributed by atoms with Gasteiger partial charge in [-0.3, -0.25) is 13.9 Å². The van der Waals surface area contributed by atoms with Crippen LogP contribution in [0.3, 0.4) is 0 Å². The maximum Gasteiger partial charge on any atom is 0.264 e. The van der Waals surface area contributed by atoms with Gasteiger partial charge < -0.3 is 10.2 Å². The third-order valence-electron chi connectivity index (χ3n) is 7.11. The fourth-order valence-electron chi connectivity index (χ4n) is 4.85. The van der Waals surface area contributed by atoms with E-state index in [9.17, 15) is 18.0 Å². The number of rotatable bonds is 12. The monoisotopic (exact) mass is 685 g/mol. The SMILES string of the molecule is Cc1ccc(Cl)cc1N(CC(=O)N(Cc1ccc(Cl)cc1Cl)[C@@H](Cc1ccccc1)C(=O)NC(C)C)S(=O)(=O)c1ccccc1. The van der Waals surface area contributed by atoms with Crippen LogP contribution in [0.25, 0.3) is 0 Å². The van der Waals surface area contributed by atoms with E-state index in [2.05, 4.69) is 5.32 Å². The minimum Gasteiger partial charge on any atom is -0.352 e. The van der Waals surface area contributed by atoms with Gasteiger partial charge >= 0.3 is 0 Å². The molecule has 0 heterocycles. The molecule has 2 amide bonds. The van der Waals surface area contributed by atoms with Crippen molar-refractivity contribution < 1.29 is 18.0 Å². The summed E-state index contributed by atoms with van der Waals surface area (Å²) in [6, 6.07) is 25.7. The van der Waals surface area contributed by atoms with Crippen molar-refractivity contribution in [3.05, 3.63) is 129 Å². The van der Waals surface area contributed by atoms with E-state index in [1.54, 1.807) is 55.5 Å². The van der Waals surface area contributed by atoms with Crippen LogP contribution >= 0.6 is 34.8 Å². The lowest BCUT2D eigenvalue weighted by molar-refractivity contribution is -0.140. The van der Waals surface area contributed by atoms with E-state index < -0.39 is 28.5 Å². The van der Waals surface area contributed by atoms with Crippen LogP contribution in [0.2, 0.25) is 15.1 Å². The Morgan fingerprint density at radius 3 is 2.04 bits per heavy atom. The molecule has 0 aliphatic carbocycles. The normalized spacial score (nSPS) is 12.1. The van der Waals surface area contributed by atoms with Gasteiger partial charge in [0.05, 0.1) is 10.6 Å². The maximum absolute atomic E-state index is 14.5. The number of hydrogen-bond acceptors (Lipinski definition) is 4. The molecule has 0 aliphatic heterocycles. The topological polar surface area (TPSA) is 86.8 Å². The van der Waals surface area contributed by atoms with Gasteiger partial charge in [0, 0.05) is 34.1 Å². The quantitative estimate of drug-likeness (QED) is 0.169. The molecule has 4 aromatic rings. The third kappa shape index (κ3) is 8.79. The number of aryl methyl sites for hydroxylation is 1. The van der Waals surface area contributed by atoms with E-state index in [0.717, 1.165) is 9.87 Å². The minimum absolute atomic E-state index is 0.00265. The smallest absolute Gasteiger partial charge is 0.264 e. The first-order valence-electron chi connectivity index (χ1n) is 14.3. The van der Waals surface area contributed by atoms with Crippen LogP contribution in [0.15, 0.2) is 102 Å². The molecule has 0 spiro atoms. The van der Waals surface area contributed by atoms with Gasteiger partial charge in [-0.25, -0.2) is 8.42 Å². The Morgan fingerprint density at radius 2 is 1.42 bits per heavy atom. The van der Waals surface area contributed by atoms with Crippen LogP contribution in [0.5, 0.6) is 0 Å². The zero-order chi connectivity index (χ0) is 32.7. The lowest BCUT2D eigenvalue weighted by atomic mass is 10.0. The number of carbonyl (C=O) groups is 2. The van der Waals surface area contributed by atoms with Crippen LogP contribution < -0.4 is 9.62 Å². The van der Waals surface area contributed by atoms with Gasteiger partial charge in [-0.15, -0.1) is 0 Å². The average Bonchev–Trinajstić information content (AvgIpc) is 3.00. The standard InChI is InChI=1S/C34H34Cl3N3O4S/c1-23(2)38-34(42)32(18-25-10-6-4-7-11-25)39(21-26-15-17-27(35)19-30(26)37)33(41)22-40(31-20-28(36)16-14-24(31)3)45(43,44)29-12-8-5-9-13-29/h4-17,19-20,23,32H,18,21-22H2,1-3H3,(H,38,42)/t32-/m0/s1. The predicted molar refractivity (Wildman–Crippen MR) is 181 cm³/mol. The number of anilines is 1. The fourth-order valence-corrected chi connectivity index (χ4v) is 6.98. The van der Waals surface area contributed by atoms with Gasteiger partial charge in [0.25, 0.3) is 10.0 Å². The molecule has 0 aliphatic rings. The van der Waals surface area contributed by atoms with Crippen molar-refractivity contribution in [3.63, 3.8) is 0 Å². The molecule has 4 aromatic carbocycles. The summed E-state index contributed by atoms with van der Waals surface area (Å²) < 4.78 is 29.3. The van der Waals surface area contributed by atoms with E-state index >= 15 is 0 Å². The van der Waals surface area contributed by atoms with Crippen molar-refractivity contribution in [1.82, 2.24) is 10.2 Å². The number of hydrogen-bond donors (Lipinski definition) is 1. The second kappa shape index (κ2) is 15.1. The third-order valence-corrected chi connectivity index (χ3v) is 9.70. The molecule has 0 bridgehead atoms. The zero-order valence-electron chi connectivity index (χ0n) is 25.1. The molecule has 0 radical (unpaired) electrons. The van der Waals surface area contributed by atoms with Gasteiger partial charge in [-0.1, -0.05) is 95.5 Å². The van der Waals surface area contributed by atoms with E-state index in [4.69, 9.17) is 34.8 Å². The first-order chi connectivity index (χ1) is 21.4. The number of nitrogens with one attached hydrogen (secondary N) is 1. The highest BCUT2D eigenvalue weighted by atomic mass is 35.5. The predicted octanol–water partition coefficient (Wildman–Crippen LogP) is 7.32. The molecule has 0 aromatic heterocycles. The first-order valence-corrected chi connectivity index (χ1v) is 16.9. The molecule has 0 fully saturated rings. The summed E-state index contributed by atoms with van der Waals surface area (Å²) in [6.45, 7) is 4.71. The Morgan fingerprint density at radius 1 is 0.822 bits per heavy atom. The highest BCUT2D eigenvalue weighted by molar-refractivity contribution is 7.92. The number of nitrogens with zero attached hydrogens (tertiary/aromatic N) is 2. The van der Waals surface area contributed by atoms with E-state index in [1.165, 1.54) is 23.1 Å². The Kier molecular flexibility index (Phi) is 11.6. The molecular formula is C34H34Cl3N3O4S. The summed E-state index contributed by atoms with van der Waals surface area (Å²) in [4.78, 5) is 29.7. The fraction of sp³-hybridized carbons (Fsp3) is 0.235. The minimum atomic E-state index is -4.25. The molecule has 0 saturated carbocycles. The van der Waals surface area contributed by atoms with Crippen molar-refractivity contribution in [2.45, 2.75) is 50.7 Å². The summed E-state index contributed by atoms with van der Waals surface area (Å²) in [5.41, 5.74) is 2.20. The van der Waals surface area contributed by atoms with Crippen molar-refractivity contribution in [2.24, 2.45) is 0 Å². The van der Waals surface area contributed by atoms with Crippen LogP contribution in [0.4, 0.5) is 5.69 Å². The van der Waals surface area contributed by atoms with Gasteiger partial charge in [0.15, 0.2) is 0 Å². The van der Waals surface area contributed by atoms with E-state index in [-0.39, 0.29) is 35.5 Å².